The Kier molecular flexibility index (Phi) is 3.78. The highest BCUT2D eigenvalue weighted by Gasteiger charge is 2.31. The molecule has 0 spiro atoms. The van der Waals surface area contributed by atoms with Crippen LogP contribution in [0.3, 0.4) is 0 Å². The van der Waals surface area contributed by atoms with Crippen LogP contribution in [0, 0.1) is 0 Å². The van der Waals surface area contributed by atoms with Gasteiger partial charge in [-0.1, -0.05) is 0 Å². The third-order valence-electron chi connectivity index (χ3n) is 3.86. The average Bonchev–Trinajstić information content (AvgIpc) is 2.36. The number of benzene rings is 1. The highest BCUT2D eigenvalue weighted by molar-refractivity contribution is 5.40. The summed E-state index contributed by atoms with van der Waals surface area (Å²) in [7, 11) is 1.62. The van der Waals surface area contributed by atoms with E-state index in [1.807, 2.05) is 6.07 Å². The molecule has 0 radical (unpaired) electrons. The van der Waals surface area contributed by atoms with E-state index in [-0.39, 0.29) is 17.3 Å². The number of ether oxygens (including phenoxy) is 1. The van der Waals surface area contributed by atoms with Gasteiger partial charge in [0.05, 0.1) is 7.11 Å². The second-order valence-corrected chi connectivity index (χ2v) is 5.37. The summed E-state index contributed by atoms with van der Waals surface area (Å²) < 4.78 is 5.18. The van der Waals surface area contributed by atoms with Crippen molar-refractivity contribution < 1.29 is 9.84 Å². The fraction of sp³-hybridized carbons (Fsp3) is 0.571. The zero-order chi connectivity index (χ0) is 13.2. The molecule has 100 valence electrons. The topological polar surface area (TPSA) is 81.5 Å². The summed E-state index contributed by atoms with van der Waals surface area (Å²) in [5, 5.41) is 9.89. The predicted molar refractivity (Wildman–Crippen MR) is 71.7 cm³/mol. The maximum atomic E-state index is 9.89. The molecule has 0 atom stereocenters. The molecule has 1 aliphatic carbocycles. The lowest BCUT2D eigenvalue weighted by atomic mass is 9.76. The second-order valence-electron chi connectivity index (χ2n) is 5.37. The van der Waals surface area contributed by atoms with Crippen LogP contribution >= 0.6 is 0 Å². The number of rotatable bonds is 3. The Hall–Kier alpha value is -1.26. The van der Waals surface area contributed by atoms with Gasteiger partial charge in [-0.2, -0.15) is 0 Å². The molecule has 0 heterocycles. The largest absolute Gasteiger partial charge is 0.508 e. The quantitative estimate of drug-likeness (QED) is 0.760. The first-order valence-electron chi connectivity index (χ1n) is 6.43. The van der Waals surface area contributed by atoms with Gasteiger partial charge in [0, 0.05) is 11.6 Å². The van der Waals surface area contributed by atoms with Gasteiger partial charge in [0.1, 0.15) is 11.5 Å². The van der Waals surface area contributed by atoms with Gasteiger partial charge in [0.15, 0.2) is 0 Å². The van der Waals surface area contributed by atoms with Crippen molar-refractivity contribution >= 4 is 0 Å². The average molecular weight is 250 g/mol. The van der Waals surface area contributed by atoms with Crippen molar-refractivity contribution in [3.63, 3.8) is 0 Å². The minimum Gasteiger partial charge on any atom is -0.508 e. The Bertz CT molecular complexity index is 412. The molecule has 1 aromatic rings. The van der Waals surface area contributed by atoms with Crippen molar-refractivity contribution in [3.05, 3.63) is 23.8 Å². The van der Waals surface area contributed by atoms with Crippen LogP contribution in [-0.2, 0) is 6.42 Å². The molecular weight excluding hydrogens is 228 g/mol. The number of nitrogens with two attached hydrogens (primary N) is 2. The summed E-state index contributed by atoms with van der Waals surface area (Å²) in [6.07, 6.45) is 4.40. The van der Waals surface area contributed by atoms with Gasteiger partial charge < -0.3 is 21.3 Å². The molecule has 0 aromatic heterocycles. The van der Waals surface area contributed by atoms with Crippen LogP contribution in [-0.4, -0.2) is 23.8 Å². The first-order chi connectivity index (χ1) is 8.52. The van der Waals surface area contributed by atoms with E-state index >= 15 is 0 Å². The van der Waals surface area contributed by atoms with Crippen LogP contribution in [0.5, 0.6) is 11.5 Å². The summed E-state index contributed by atoms with van der Waals surface area (Å²) in [6, 6.07) is 5.55. The Morgan fingerprint density at radius 1 is 1.39 bits per heavy atom. The molecule has 0 amide bonds. The smallest absolute Gasteiger partial charge is 0.119 e. The minimum absolute atomic E-state index is 0.250. The number of phenols is 1. The van der Waals surface area contributed by atoms with Crippen molar-refractivity contribution in [2.45, 2.75) is 43.7 Å². The van der Waals surface area contributed by atoms with E-state index in [2.05, 4.69) is 0 Å². The zero-order valence-corrected chi connectivity index (χ0v) is 10.9. The monoisotopic (exact) mass is 250 g/mol. The SMILES string of the molecule is COc1ccc(O)c(CC2(N)CCC(N)CC2)c1. The van der Waals surface area contributed by atoms with Crippen molar-refractivity contribution in [2.24, 2.45) is 11.5 Å². The maximum absolute atomic E-state index is 9.89. The van der Waals surface area contributed by atoms with E-state index in [0.29, 0.717) is 6.42 Å². The van der Waals surface area contributed by atoms with Gasteiger partial charge in [-0.25, -0.2) is 0 Å². The lowest BCUT2D eigenvalue weighted by Crippen LogP contribution is -2.47. The highest BCUT2D eigenvalue weighted by atomic mass is 16.5. The van der Waals surface area contributed by atoms with Gasteiger partial charge in [-0.15, -0.1) is 0 Å². The molecule has 1 fully saturated rings. The van der Waals surface area contributed by atoms with E-state index in [4.69, 9.17) is 16.2 Å². The Morgan fingerprint density at radius 2 is 2.06 bits per heavy atom. The number of hydrogen-bond donors (Lipinski definition) is 3. The second kappa shape index (κ2) is 5.16. The molecule has 4 heteroatoms. The predicted octanol–water partition coefficient (Wildman–Crippen LogP) is 1.54. The van der Waals surface area contributed by atoms with Gasteiger partial charge in [-0.05, 0) is 55.9 Å². The maximum Gasteiger partial charge on any atom is 0.119 e. The van der Waals surface area contributed by atoms with Gasteiger partial charge in [0.2, 0.25) is 0 Å². The van der Waals surface area contributed by atoms with Crippen molar-refractivity contribution in [1.82, 2.24) is 0 Å². The van der Waals surface area contributed by atoms with Crippen LogP contribution in [0.2, 0.25) is 0 Å². The van der Waals surface area contributed by atoms with E-state index in [9.17, 15) is 5.11 Å². The third kappa shape index (κ3) is 2.94. The summed E-state index contributed by atoms with van der Waals surface area (Å²) in [5.74, 6) is 1.04. The lowest BCUT2D eigenvalue weighted by molar-refractivity contribution is 0.269. The number of phenolic OH excluding ortho intramolecular Hbond substituents is 1. The van der Waals surface area contributed by atoms with Crippen LogP contribution < -0.4 is 16.2 Å². The van der Waals surface area contributed by atoms with Crippen molar-refractivity contribution in [1.29, 1.82) is 0 Å². The molecule has 0 bridgehead atoms. The first kappa shape index (κ1) is 13.2. The lowest BCUT2D eigenvalue weighted by Gasteiger charge is -2.36. The summed E-state index contributed by atoms with van der Waals surface area (Å²) >= 11 is 0. The van der Waals surface area contributed by atoms with E-state index < -0.39 is 0 Å². The normalized spacial score (nSPS) is 28.1. The number of methoxy groups -OCH3 is 1. The fourth-order valence-electron chi connectivity index (χ4n) is 2.60. The van der Waals surface area contributed by atoms with Crippen LogP contribution in [0.25, 0.3) is 0 Å². The molecule has 18 heavy (non-hydrogen) atoms. The molecule has 1 aromatic carbocycles. The van der Waals surface area contributed by atoms with Crippen molar-refractivity contribution in [3.8, 4) is 11.5 Å². The molecule has 0 unspecified atom stereocenters. The fourth-order valence-corrected chi connectivity index (χ4v) is 2.60. The highest BCUT2D eigenvalue weighted by Crippen LogP contribution is 2.32. The van der Waals surface area contributed by atoms with Gasteiger partial charge >= 0.3 is 0 Å². The third-order valence-corrected chi connectivity index (χ3v) is 3.86. The van der Waals surface area contributed by atoms with Crippen LogP contribution in [0.1, 0.15) is 31.2 Å². The Morgan fingerprint density at radius 3 is 2.67 bits per heavy atom. The van der Waals surface area contributed by atoms with Crippen molar-refractivity contribution in [2.75, 3.05) is 7.11 Å². The molecule has 5 N–H and O–H groups in total. The molecule has 0 saturated heterocycles. The van der Waals surface area contributed by atoms with E-state index in [0.717, 1.165) is 37.0 Å². The summed E-state index contributed by atoms with van der Waals surface area (Å²) in [6.45, 7) is 0. The van der Waals surface area contributed by atoms with E-state index in [1.54, 1.807) is 19.2 Å². The van der Waals surface area contributed by atoms with Crippen LogP contribution in [0.4, 0.5) is 0 Å². The molecule has 4 nitrogen and oxygen atoms in total. The van der Waals surface area contributed by atoms with Gasteiger partial charge in [-0.3, -0.25) is 0 Å². The summed E-state index contributed by atoms with van der Waals surface area (Å²) in [4.78, 5) is 0. The Balaban J connectivity index is 2.13. The molecule has 2 rings (SSSR count). The zero-order valence-electron chi connectivity index (χ0n) is 10.9. The first-order valence-corrected chi connectivity index (χ1v) is 6.43. The van der Waals surface area contributed by atoms with E-state index in [1.165, 1.54) is 0 Å². The Labute approximate surface area is 108 Å². The van der Waals surface area contributed by atoms with Gasteiger partial charge in [0.25, 0.3) is 0 Å². The number of aromatic hydroxyl groups is 1. The van der Waals surface area contributed by atoms with Crippen LogP contribution in [0.15, 0.2) is 18.2 Å². The summed E-state index contributed by atoms with van der Waals surface area (Å²) in [5.41, 5.74) is 12.9. The standard InChI is InChI=1S/C14H22N2O2/c1-18-12-2-3-13(17)10(8-12)9-14(16)6-4-11(15)5-7-14/h2-3,8,11,17H,4-7,9,15-16H2,1H3. The molecule has 0 aliphatic heterocycles. The molecule has 1 saturated carbocycles. The molecule has 1 aliphatic rings. The minimum atomic E-state index is -0.250. The molecular formula is C14H22N2O2. The number of hydrogen-bond acceptors (Lipinski definition) is 4.